The van der Waals surface area contributed by atoms with Gasteiger partial charge in [0.05, 0.1) is 25.3 Å². The van der Waals surface area contributed by atoms with Crippen LogP contribution in [0.5, 0.6) is 17.2 Å². The van der Waals surface area contributed by atoms with Gasteiger partial charge >= 0.3 is 6.36 Å². The molecule has 192 valence electrons. The lowest BCUT2D eigenvalue weighted by Crippen LogP contribution is -2.41. The minimum atomic E-state index is -4.92. The average Bonchev–Trinajstić information content (AvgIpc) is 2.81. The molecule has 36 heavy (non-hydrogen) atoms. The van der Waals surface area contributed by atoms with Crippen LogP contribution in [0.3, 0.4) is 0 Å². The van der Waals surface area contributed by atoms with Crippen LogP contribution in [0.25, 0.3) is 0 Å². The second-order valence-corrected chi connectivity index (χ2v) is 10.6. The largest absolute Gasteiger partial charge is 0.573 e. The molecule has 1 unspecified atom stereocenters. The number of sulfonamides is 1. The zero-order chi connectivity index (χ0) is 26.3. The average molecular weight is 562 g/mol. The van der Waals surface area contributed by atoms with Gasteiger partial charge in [-0.3, -0.25) is 0 Å². The van der Waals surface area contributed by atoms with Crippen LogP contribution in [0.15, 0.2) is 59.5 Å². The number of nitrogens with zero attached hydrogens (tertiary/aromatic N) is 1. The molecule has 0 saturated heterocycles. The molecular weight excluding hydrogens is 542 g/mol. The third-order valence-corrected chi connectivity index (χ3v) is 8.29. The fourth-order valence-corrected chi connectivity index (χ4v) is 6.58. The van der Waals surface area contributed by atoms with E-state index in [0.717, 1.165) is 17.7 Å². The van der Waals surface area contributed by atoms with Crippen molar-refractivity contribution >= 4 is 33.2 Å². The summed E-state index contributed by atoms with van der Waals surface area (Å²) in [6.07, 6.45) is -4.63. The van der Waals surface area contributed by atoms with E-state index in [1.54, 1.807) is 12.1 Å². The Morgan fingerprint density at radius 1 is 0.972 bits per heavy atom. The lowest BCUT2D eigenvalue weighted by atomic mass is 9.88. The highest BCUT2D eigenvalue weighted by molar-refractivity contribution is 7.89. The van der Waals surface area contributed by atoms with Gasteiger partial charge in [0.1, 0.15) is 22.1 Å². The molecule has 0 bridgehead atoms. The zero-order valence-electron chi connectivity index (χ0n) is 19.0. The highest BCUT2D eigenvalue weighted by Crippen LogP contribution is 2.46. The van der Waals surface area contributed by atoms with Crippen molar-refractivity contribution in [3.05, 3.63) is 81.3 Å². The number of hydrogen-bond acceptors (Lipinski definition) is 5. The van der Waals surface area contributed by atoms with Crippen molar-refractivity contribution in [2.45, 2.75) is 23.7 Å². The van der Waals surface area contributed by atoms with Gasteiger partial charge in [0.25, 0.3) is 0 Å². The molecule has 3 aromatic rings. The Balaban J connectivity index is 1.94. The Hall–Kier alpha value is -2.66. The van der Waals surface area contributed by atoms with Crippen molar-refractivity contribution in [1.29, 1.82) is 0 Å². The van der Waals surface area contributed by atoms with E-state index in [0.29, 0.717) is 23.5 Å². The van der Waals surface area contributed by atoms with Crippen LogP contribution in [0.1, 0.15) is 22.7 Å². The Kier molecular flexibility index (Phi) is 7.34. The number of hydrogen-bond donors (Lipinski definition) is 0. The van der Waals surface area contributed by atoms with E-state index in [9.17, 15) is 21.6 Å². The molecule has 0 saturated carbocycles. The SMILES string of the molecule is COc1cc2c(c(OC)c1)C(c1cccc(OC(F)(F)F)c1)N(S(=O)(=O)c1ccc(Cl)cc1Cl)CC2. The number of rotatable bonds is 6. The lowest BCUT2D eigenvalue weighted by molar-refractivity contribution is -0.274. The van der Waals surface area contributed by atoms with Crippen molar-refractivity contribution < 1.29 is 35.8 Å². The molecule has 0 aromatic heterocycles. The fourth-order valence-electron chi connectivity index (χ4n) is 4.25. The summed E-state index contributed by atoms with van der Waals surface area (Å²) in [4.78, 5) is -0.183. The Morgan fingerprint density at radius 3 is 2.36 bits per heavy atom. The van der Waals surface area contributed by atoms with Gasteiger partial charge in [-0.1, -0.05) is 35.3 Å². The van der Waals surface area contributed by atoms with E-state index in [4.69, 9.17) is 32.7 Å². The van der Waals surface area contributed by atoms with Gasteiger partial charge in [-0.15, -0.1) is 13.2 Å². The zero-order valence-corrected chi connectivity index (χ0v) is 21.3. The van der Waals surface area contributed by atoms with E-state index in [1.165, 1.54) is 48.9 Å². The molecule has 0 radical (unpaired) electrons. The van der Waals surface area contributed by atoms with Gasteiger partial charge in [0.2, 0.25) is 10.0 Å². The third-order valence-electron chi connectivity index (χ3n) is 5.71. The summed E-state index contributed by atoms with van der Waals surface area (Å²) in [5.74, 6) is 0.329. The second kappa shape index (κ2) is 10.0. The first-order valence-corrected chi connectivity index (χ1v) is 12.7. The Morgan fingerprint density at radius 2 is 1.72 bits per heavy atom. The summed E-state index contributed by atoms with van der Waals surface area (Å²) < 4.78 is 82.7. The summed E-state index contributed by atoms with van der Waals surface area (Å²) in [7, 11) is -1.34. The summed E-state index contributed by atoms with van der Waals surface area (Å²) in [6.45, 7) is 0.0135. The predicted octanol–water partition coefficient (Wildman–Crippen LogP) is 6.25. The maximum absolute atomic E-state index is 13.9. The van der Waals surface area contributed by atoms with Gasteiger partial charge in [0.15, 0.2) is 0 Å². The molecule has 1 atom stereocenters. The van der Waals surface area contributed by atoms with Gasteiger partial charge < -0.3 is 14.2 Å². The summed E-state index contributed by atoms with van der Waals surface area (Å²) in [5, 5.41) is 0.174. The van der Waals surface area contributed by atoms with Crippen molar-refractivity contribution in [1.82, 2.24) is 4.31 Å². The molecule has 1 heterocycles. The van der Waals surface area contributed by atoms with Crippen LogP contribution in [-0.4, -0.2) is 39.8 Å². The van der Waals surface area contributed by atoms with Gasteiger partial charge in [-0.25, -0.2) is 8.42 Å². The van der Waals surface area contributed by atoms with Crippen molar-refractivity contribution in [2.75, 3.05) is 20.8 Å². The quantitative estimate of drug-likeness (QED) is 0.356. The van der Waals surface area contributed by atoms with Crippen molar-refractivity contribution in [3.63, 3.8) is 0 Å². The molecule has 0 N–H and O–H groups in total. The molecule has 4 rings (SSSR count). The Labute approximate surface area is 216 Å². The van der Waals surface area contributed by atoms with E-state index in [1.807, 2.05) is 0 Å². The predicted molar refractivity (Wildman–Crippen MR) is 129 cm³/mol. The minimum absolute atomic E-state index is 0.0135. The molecule has 0 aliphatic carbocycles. The molecule has 12 heteroatoms. The highest BCUT2D eigenvalue weighted by Gasteiger charge is 2.41. The number of halogens is 5. The first-order chi connectivity index (χ1) is 16.9. The van der Waals surface area contributed by atoms with Gasteiger partial charge in [-0.05, 0) is 53.9 Å². The fraction of sp³-hybridized carbons (Fsp3) is 0.250. The van der Waals surface area contributed by atoms with Crippen LogP contribution in [-0.2, 0) is 16.4 Å². The first kappa shape index (κ1) is 26.4. The smallest absolute Gasteiger partial charge is 0.497 e. The maximum atomic E-state index is 13.9. The van der Waals surface area contributed by atoms with E-state index in [-0.39, 0.29) is 27.0 Å². The summed E-state index contributed by atoms with van der Waals surface area (Å²) >= 11 is 12.2. The molecule has 3 aromatic carbocycles. The van der Waals surface area contributed by atoms with Gasteiger partial charge in [0, 0.05) is 23.2 Å². The number of methoxy groups -OCH3 is 2. The van der Waals surface area contributed by atoms with E-state index >= 15 is 0 Å². The lowest BCUT2D eigenvalue weighted by Gasteiger charge is -2.38. The second-order valence-electron chi connectivity index (χ2n) is 7.87. The van der Waals surface area contributed by atoms with E-state index in [2.05, 4.69) is 4.74 Å². The molecule has 1 aliphatic rings. The number of alkyl halides is 3. The Bertz CT molecular complexity index is 1380. The topological polar surface area (TPSA) is 65.1 Å². The number of benzene rings is 3. The monoisotopic (exact) mass is 561 g/mol. The van der Waals surface area contributed by atoms with Crippen LogP contribution in [0, 0.1) is 0 Å². The molecule has 0 spiro atoms. The van der Waals surface area contributed by atoms with Crippen molar-refractivity contribution in [3.8, 4) is 17.2 Å². The summed E-state index contributed by atoms with van der Waals surface area (Å²) in [5.41, 5.74) is 1.45. The molecule has 1 aliphatic heterocycles. The van der Waals surface area contributed by atoms with Crippen LogP contribution < -0.4 is 14.2 Å². The molecule has 6 nitrogen and oxygen atoms in total. The molecular formula is C24H20Cl2F3NO5S. The normalized spacial score (nSPS) is 16.4. The van der Waals surface area contributed by atoms with Crippen LogP contribution in [0.4, 0.5) is 13.2 Å². The van der Waals surface area contributed by atoms with Crippen LogP contribution in [0.2, 0.25) is 10.0 Å². The maximum Gasteiger partial charge on any atom is 0.573 e. The minimum Gasteiger partial charge on any atom is -0.497 e. The van der Waals surface area contributed by atoms with E-state index < -0.39 is 28.2 Å². The first-order valence-electron chi connectivity index (χ1n) is 10.5. The highest BCUT2D eigenvalue weighted by atomic mass is 35.5. The number of ether oxygens (including phenoxy) is 3. The molecule has 0 amide bonds. The standard InChI is InChI=1S/C24H20Cl2F3NO5S/c1-33-18-10-14-8-9-30(36(31,32)21-7-6-16(25)12-19(21)26)23(22(14)20(13-18)34-2)15-4-3-5-17(11-15)35-24(27,28)29/h3-7,10-13,23H,8-9H2,1-2H3. The van der Waals surface area contributed by atoms with Crippen LogP contribution >= 0.6 is 23.2 Å². The summed E-state index contributed by atoms with van der Waals surface area (Å²) in [6, 6.07) is 11.5. The van der Waals surface area contributed by atoms with Gasteiger partial charge in [-0.2, -0.15) is 4.31 Å². The third kappa shape index (κ3) is 5.22. The molecule has 0 fully saturated rings. The number of fused-ring (bicyclic) bond motifs is 1. The van der Waals surface area contributed by atoms with Crippen molar-refractivity contribution in [2.24, 2.45) is 0 Å².